The molecule has 4 heteroatoms. The summed E-state index contributed by atoms with van der Waals surface area (Å²) in [6.45, 7) is 0.128. The van der Waals surface area contributed by atoms with E-state index in [0.29, 0.717) is 11.3 Å². The Kier molecular flexibility index (Phi) is 3.64. The van der Waals surface area contributed by atoms with E-state index in [-0.39, 0.29) is 12.4 Å². The van der Waals surface area contributed by atoms with Crippen LogP contribution < -0.4 is 4.74 Å². The average molecular weight is 297 g/mol. The van der Waals surface area contributed by atoms with Crippen molar-refractivity contribution in [3.05, 3.63) is 58.3 Å². The molecule has 2 nitrogen and oxygen atoms in total. The summed E-state index contributed by atoms with van der Waals surface area (Å²) < 4.78 is 19.7. The smallest absolute Gasteiger partial charge is 0.133 e. The van der Waals surface area contributed by atoms with Gasteiger partial charge in [0.15, 0.2) is 0 Å². The van der Waals surface area contributed by atoms with Gasteiger partial charge in [0, 0.05) is 16.1 Å². The molecular weight excluding hydrogens is 287 g/mol. The fourth-order valence-corrected chi connectivity index (χ4v) is 1.75. The van der Waals surface area contributed by atoms with Crippen LogP contribution in [0.5, 0.6) is 11.5 Å². The molecule has 2 rings (SSSR count). The molecule has 1 N–H and O–H groups in total. The maximum Gasteiger partial charge on any atom is 0.133 e. The van der Waals surface area contributed by atoms with E-state index in [1.807, 2.05) is 12.1 Å². The molecule has 0 aliphatic heterocycles. The van der Waals surface area contributed by atoms with Crippen molar-refractivity contribution in [2.24, 2.45) is 0 Å². The largest absolute Gasteiger partial charge is 0.508 e. The van der Waals surface area contributed by atoms with Crippen molar-refractivity contribution >= 4 is 15.9 Å². The molecule has 17 heavy (non-hydrogen) atoms. The van der Waals surface area contributed by atoms with Crippen molar-refractivity contribution < 1.29 is 14.2 Å². The Morgan fingerprint density at radius 2 is 2.00 bits per heavy atom. The van der Waals surface area contributed by atoms with Gasteiger partial charge in [-0.15, -0.1) is 0 Å². The zero-order chi connectivity index (χ0) is 12.3. The van der Waals surface area contributed by atoms with Gasteiger partial charge in [-0.2, -0.15) is 0 Å². The lowest BCUT2D eigenvalue weighted by Gasteiger charge is -2.07. The lowest BCUT2D eigenvalue weighted by atomic mass is 10.2. The minimum atomic E-state index is -0.472. The van der Waals surface area contributed by atoms with Crippen LogP contribution in [0.15, 0.2) is 46.9 Å². The Labute approximate surface area is 107 Å². The quantitative estimate of drug-likeness (QED) is 0.931. The topological polar surface area (TPSA) is 29.5 Å². The lowest BCUT2D eigenvalue weighted by Crippen LogP contribution is -1.98. The SMILES string of the molecule is Oc1ccc(COc2cccc(Br)c2)c(F)c1. The van der Waals surface area contributed by atoms with E-state index >= 15 is 0 Å². The van der Waals surface area contributed by atoms with E-state index in [9.17, 15) is 4.39 Å². The van der Waals surface area contributed by atoms with Gasteiger partial charge < -0.3 is 9.84 Å². The van der Waals surface area contributed by atoms with Gasteiger partial charge in [-0.25, -0.2) is 4.39 Å². The summed E-state index contributed by atoms with van der Waals surface area (Å²) in [4.78, 5) is 0. The molecule has 0 saturated heterocycles. The van der Waals surface area contributed by atoms with Gasteiger partial charge in [0.05, 0.1) is 0 Å². The molecule has 0 radical (unpaired) electrons. The van der Waals surface area contributed by atoms with Crippen molar-refractivity contribution in [3.8, 4) is 11.5 Å². The van der Waals surface area contributed by atoms with Gasteiger partial charge in [0.2, 0.25) is 0 Å². The fraction of sp³-hybridized carbons (Fsp3) is 0.0769. The van der Waals surface area contributed by atoms with Gasteiger partial charge in [-0.1, -0.05) is 22.0 Å². The first-order chi connectivity index (χ1) is 8.15. The van der Waals surface area contributed by atoms with Crippen molar-refractivity contribution in [1.29, 1.82) is 0 Å². The van der Waals surface area contributed by atoms with Crippen LogP contribution in [0.4, 0.5) is 4.39 Å². The zero-order valence-electron chi connectivity index (χ0n) is 8.86. The van der Waals surface area contributed by atoms with E-state index in [1.165, 1.54) is 12.1 Å². The second-order valence-corrected chi connectivity index (χ2v) is 4.44. The predicted octanol–water partition coefficient (Wildman–Crippen LogP) is 3.87. The van der Waals surface area contributed by atoms with Gasteiger partial charge in [0.25, 0.3) is 0 Å². The monoisotopic (exact) mass is 296 g/mol. The first kappa shape index (κ1) is 11.9. The fourth-order valence-electron chi connectivity index (χ4n) is 1.37. The highest BCUT2D eigenvalue weighted by Crippen LogP contribution is 2.20. The van der Waals surface area contributed by atoms with Gasteiger partial charge >= 0.3 is 0 Å². The summed E-state index contributed by atoms with van der Waals surface area (Å²) >= 11 is 3.33. The molecule has 0 heterocycles. The molecular formula is C13H10BrFO2. The minimum absolute atomic E-state index is 0.0892. The highest BCUT2D eigenvalue weighted by Gasteiger charge is 2.04. The summed E-state index contributed by atoms with van der Waals surface area (Å²) in [7, 11) is 0. The second-order valence-electron chi connectivity index (χ2n) is 3.52. The van der Waals surface area contributed by atoms with Crippen molar-refractivity contribution in [2.45, 2.75) is 6.61 Å². The molecule has 0 aliphatic carbocycles. The predicted molar refractivity (Wildman–Crippen MR) is 66.5 cm³/mol. The molecule has 2 aromatic rings. The Hall–Kier alpha value is -1.55. The minimum Gasteiger partial charge on any atom is -0.508 e. The van der Waals surface area contributed by atoms with E-state index in [4.69, 9.17) is 9.84 Å². The number of ether oxygens (including phenoxy) is 1. The number of benzene rings is 2. The highest BCUT2D eigenvalue weighted by molar-refractivity contribution is 9.10. The molecule has 0 bridgehead atoms. The molecule has 0 fully saturated rings. The Bertz CT molecular complexity index is 529. The van der Waals surface area contributed by atoms with Gasteiger partial charge in [-0.3, -0.25) is 0 Å². The van der Waals surface area contributed by atoms with Crippen LogP contribution in [0.25, 0.3) is 0 Å². The lowest BCUT2D eigenvalue weighted by molar-refractivity contribution is 0.299. The molecule has 88 valence electrons. The zero-order valence-corrected chi connectivity index (χ0v) is 10.4. The van der Waals surface area contributed by atoms with E-state index < -0.39 is 5.82 Å². The van der Waals surface area contributed by atoms with Crippen LogP contribution in [-0.2, 0) is 6.61 Å². The third-order valence-electron chi connectivity index (χ3n) is 2.23. The van der Waals surface area contributed by atoms with Crippen LogP contribution in [0.2, 0.25) is 0 Å². The number of aromatic hydroxyl groups is 1. The number of phenolic OH excluding ortho intramolecular Hbond substituents is 1. The first-order valence-electron chi connectivity index (χ1n) is 5.01. The summed E-state index contributed by atoms with van der Waals surface area (Å²) in [6.07, 6.45) is 0. The van der Waals surface area contributed by atoms with Crippen LogP contribution >= 0.6 is 15.9 Å². The number of halogens is 2. The number of hydrogen-bond donors (Lipinski definition) is 1. The van der Waals surface area contributed by atoms with Crippen LogP contribution in [0, 0.1) is 5.82 Å². The molecule has 0 aliphatic rings. The van der Waals surface area contributed by atoms with Crippen molar-refractivity contribution in [1.82, 2.24) is 0 Å². The maximum absolute atomic E-state index is 13.4. The highest BCUT2D eigenvalue weighted by atomic mass is 79.9. The summed E-state index contributed by atoms with van der Waals surface area (Å²) in [6, 6.07) is 11.3. The number of hydrogen-bond acceptors (Lipinski definition) is 2. The average Bonchev–Trinajstić information content (AvgIpc) is 2.28. The number of rotatable bonds is 3. The second kappa shape index (κ2) is 5.19. The molecule has 2 aromatic carbocycles. The first-order valence-corrected chi connectivity index (χ1v) is 5.80. The third kappa shape index (κ3) is 3.20. The van der Waals surface area contributed by atoms with E-state index in [0.717, 1.165) is 10.5 Å². The molecule has 0 unspecified atom stereocenters. The summed E-state index contributed by atoms with van der Waals surface area (Å²) in [5, 5.41) is 9.07. The van der Waals surface area contributed by atoms with Crippen molar-refractivity contribution in [2.75, 3.05) is 0 Å². The summed E-state index contributed by atoms with van der Waals surface area (Å²) in [5.41, 5.74) is 0.405. The molecule has 0 amide bonds. The Balaban J connectivity index is 2.07. The molecule has 0 saturated carbocycles. The van der Waals surface area contributed by atoms with Gasteiger partial charge in [0.1, 0.15) is 23.9 Å². The standard InChI is InChI=1S/C13H10BrFO2/c14-10-2-1-3-12(6-10)17-8-9-4-5-11(16)7-13(9)15/h1-7,16H,8H2. The maximum atomic E-state index is 13.4. The Morgan fingerprint density at radius 3 is 2.71 bits per heavy atom. The molecule has 0 aromatic heterocycles. The van der Waals surface area contributed by atoms with Crippen LogP contribution in [-0.4, -0.2) is 5.11 Å². The molecule has 0 spiro atoms. The van der Waals surface area contributed by atoms with Crippen molar-refractivity contribution in [3.63, 3.8) is 0 Å². The van der Waals surface area contributed by atoms with Crippen LogP contribution in [0.1, 0.15) is 5.56 Å². The number of phenols is 1. The van der Waals surface area contributed by atoms with Crippen LogP contribution in [0.3, 0.4) is 0 Å². The summed E-state index contributed by atoms with van der Waals surface area (Å²) in [5.74, 6) is 0.0977. The third-order valence-corrected chi connectivity index (χ3v) is 2.72. The molecule has 0 atom stereocenters. The van der Waals surface area contributed by atoms with E-state index in [1.54, 1.807) is 12.1 Å². The normalized spacial score (nSPS) is 10.2. The van der Waals surface area contributed by atoms with Gasteiger partial charge in [-0.05, 0) is 30.3 Å². The van der Waals surface area contributed by atoms with E-state index in [2.05, 4.69) is 15.9 Å². The Morgan fingerprint density at radius 1 is 1.18 bits per heavy atom.